The fourth-order valence-electron chi connectivity index (χ4n) is 1.48. The maximum Gasteiger partial charge on any atom is 0.264 e. The van der Waals surface area contributed by atoms with Gasteiger partial charge in [0, 0.05) is 6.42 Å². The molecule has 0 saturated carbocycles. The van der Waals surface area contributed by atoms with E-state index in [9.17, 15) is 5.11 Å². The highest BCUT2D eigenvalue weighted by Gasteiger charge is 2.06. The van der Waals surface area contributed by atoms with Gasteiger partial charge in [-0.2, -0.15) is 4.98 Å². The summed E-state index contributed by atoms with van der Waals surface area (Å²) >= 11 is 0. The molecule has 5 heteroatoms. The molecule has 2 rings (SSSR count). The molecule has 1 unspecified atom stereocenters. The van der Waals surface area contributed by atoms with Gasteiger partial charge in [0.05, 0.1) is 6.10 Å². The summed E-state index contributed by atoms with van der Waals surface area (Å²) in [5.74, 6) is 1.85. The number of aromatic nitrogens is 2. The van der Waals surface area contributed by atoms with Crippen LogP contribution in [0.3, 0.4) is 0 Å². The molecule has 0 aliphatic carbocycles. The molecule has 0 aliphatic rings. The lowest BCUT2D eigenvalue weighted by Crippen LogP contribution is -1.97. The average molecular weight is 248 g/mol. The van der Waals surface area contributed by atoms with Crippen LogP contribution in [-0.2, 0) is 13.0 Å². The Bertz CT molecular complexity index is 491. The van der Waals surface area contributed by atoms with E-state index in [2.05, 4.69) is 10.1 Å². The molecule has 1 atom stereocenters. The average Bonchev–Trinajstić information content (AvgIpc) is 2.85. The molecule has 18 heavy (non-hydrogen) atoms. The molecule has 1 heterocycles. The second-order valence-electron chi connectivity index (χ2n) is 3.99. The van der Waals surface area contributed by atoms with Crippen molar-refractivity contribution in [2.75, 3.05) is 0 Å². The Kier molecular flexibility index (Phi) is 3.94. The first-order valence-corrected chi connectivity index (χ1v) is 5.91. The largest absolute Gasteiger partial charge is 0.484 e. The Labute approximate surface area is 105 Å². The third-order valence-corrected chi connectivity index (χ3v) is 2.55. The van der Waals surface area contributed by atoms with Crippen molar-refractivity contribution in [3.63, 3.8) is 0 Å². The molecule has 5 nitrogen and oxygen atoms in total. The van der Waals surface area contributed by atoms with E-state index in [1.165, 1.54) is 0 Å². The summed E-state index contributed by atoms with van der Waals surface area (Å²) in [5, 5.41) is 13.2. The zero-order valence-corrected chi connectivity index (χ0v) is 10.5. The lowest BCUT2D eigenvalue weighted by molar-refractivity contribution is 0.199. The molecule has 96 valence electrons. The highest BCUT2D eigenvalue weighted by atomic mass is 16.5. The maximum absolute atomic E-state index is 9.38. The van der Waals surface area contributed by atoms with Gasteiger partial charge in [-0.25, -0.2) is 0 Å². The number of rotatable bonds is 5. The van der Waals surface area contributed by atoms with Gasteiger partial charge in [-0.05, 0) is 24.6 Å². The third kappa shape index (κ3) is 3.07. The molecule has 0 radical (unpaired) electrons. The number of benzene rings is 1. The summed E-state index contributed by atoms with van der Waals surface area (Å²) in [4.78, 5) is 4.15. The van der Waals surface area contributed by atoms with E-state index < -0.39 is 6.10 Å². The third-order valence-electron chi connectivity index (χ3n) is 2.55. The number of hydrogen-bond donors (Lipinski definition) is 1. The lowest BCUT2D eigenvalue weighted by atomic mass is 10.1. The Morgan fingerprint density at radius 1 is 1.33 bits per heavy atom. The van der Waals surface area contributed by atoms with Gasteiger partial charge in [0.15, 0.2) is 12.4 Å². The number of aliphatic hydroxyl groups is 1. The van der Waals surface area contributed by atoms with Crippen LogP contribution >= 0.6 is 0 Å². The number of hydrogen-bond acceptors (Lipinski definition) is 5. The van der Waals surface area contributed by atoms with Crippen molar-refractivity contribution >= 4 is 0 Å². The van der Waals surface area contributed by atoms with Crippen LogP contribution in [0.5, 0.6) is 5.75 Å². The zero-order chi connectivity index (χ0) is 13.0. The summed E-state index contributed by atoms with van der Waals surface area (Å²) in [6, 6.07) is 7.26. The Hall–Kier alpha value is -1.88. The van der Waals surface area contributed by atoms with E-state index in [0.717, 1.165) is 12.0 Å². The molecule has 0 amide bonds. The highest BCUT2D eigenvalue weighted by Crippen LogP contribution is 2.18. The Balaban J connectivity index is 1.93. The minimum Gasteiger partial charge on any atom is -0.484 e. The SMILES string of the molecule is CCc1noc(COc2ccc(C(C)O)cc2)n1. The number of aryl methyl sites for hydroxylation is 1. The molecule has 0 spiro atoms. The fraction of sp³-hybridized carbons (Fsp3) is 0.385. The van der Waals surface area contributed by atoms with Gasteiger partial charge in [-0.3, -0.25) is 0 Å². The summed E-state index contributed by atoms with van der Waals surface area (Å²) in [6.45, 7) is 3.94. The molecule has 0 bridgehead atoms. The topological polar surface area (TPSA) is 68.4 Å². The van der Waals surface area contributed by atoms with E-state index in [4.69, 9.17) is 9.26 Å². The molecule has 1 aromatic heterocycles. The lowest BCUT2D eigenvalue weighted by Gasteiger charge is -2.06. The van der Waals surface area contributed by atoms with Gasteiger partial charge in [0.1, 0.15) is 5.75 Å². The predicted octanol–water partition coefficient (Wildman–Crippen LogP) is 2.26. The standard InChI is InChI=1S/C13H16N2O3/c1-3-12-14-13(18-15-12)8-17-11-6-4-10(5-7-11)9(2)16/h4-7,9,16H,3,8H2,1-2H3. The van der Waals surface area contributed by atoms with E-state index in [1.54, 1.807) is 19.1 Å². The number of ether oxygens (including phenoxy) is 1. The van der Waals surface area contributed by atoms with E-state index in [0.29, 0.717) is 17.5 Å². The number of aliphatic hydroxyl groups excluding tert-OH is 1. The highest BCUT2D eigenvalue weighted by molar-refractivity contribution is 5.28. The molecular formula is C13H16N2O3. The van der Waals surface area contributed by atoms with Crippen molar-refractivity contribution in [3.8, 4) is 5.75 Å². The van der Waals surface area contributed by atoms with Crippen molar-refractivity contribution in [2.24, 2.45) is 0 Å². The van der Waals surface area contributed by atoms with Crippen LogP contribution in [0, 0.1) is 0 Å². The molecule has 1 N–H and O–H groups in total. The smallest absolute Gasteiger partial charge is 0.264 e. The predicted molar refractivity (Wildman–Crippen MR) is 65.1 cm³/mol. The first-order valence-electron chi connectivity index (χ1n) is 5.91. The minimum absolute atomic E-state index is 0.251. The Morgan fingerprint density at radius 2 is 2.06 bits per heavy atom. The van der Waals surface area contributed by atoms with Crippen molar-refractivity contribution in [3.05, 3.63) is 41.5 Å². The van der Waals surface area contributed by atoms with Gasteiger partial charge in [0.25, 0.3) is 5.89 Å². The zero-order valence-electron chi connectivity index (χ0n) is 10.5. The van der Waals surface area contributed by atoms with Crippen LogP contribution < -0.4 is 4.74 Å². The van der Waals surface area contributed by atoms with Crippen LogP contribution in [-0.4, -0.2) is 15.2 Å². The van der Waals surface area contributed by atoms with Crippen molar-refractivity contribution in [1.82, 2.24) is 10.1 Å². The summed E-state index contributed by atoms with van der Waals surface area (Å²) < 4.78 is 10.5. The second kappa shape index (κ2) is 5.64. The molecule has 2 aromatic rings. The van der Waals surface area contributed by atoms with Crippen molar-refractivity contribution < 1.29 is 14.4 Å². The Morgan fingerprint density at radius 3 is 2.61 bits per heavy atom. The monoisotopic (exact) mass is 248 g/mol. The van der Waals surface area contributed by atoms with E-state index in [1.807, 2.05) is 19.1 Å². The molecule has 0 saturated heterocycles. The van der Waals surface area contributed by atoms with Crippen LogP contribution in [0.2, 0.25) is 0 Å². The van der Waals surface area contributed by atoms with Gasteiger partial charge >= 0.3 is 0 Å². The molecule has 0 aliphatic heterocycles. The summed E-state index contributed by atoms with van der Waals surface area (Å²) in [5.41, 5.74) is 0.855. The minimum atomic E-state index is -0.470. The van der Waals surface area contributed by atoms with Crippen LogP contribution in [0.1, 0.15) is 37.2 Å². The van der Waals surface area contributed by atoms with E-state index in [-0.39, 0.29) is 6.61 Å². The van der Waals surface area contributed by atoms with Crippen LogP contribution in [0.15, 0.2) is 28.8 Å². The van der Waals surface area contributed by atoms with Gasteiger partial charge in [-0.1, -0.05) is 24.2 Å². The van der Waals surface area contributed by atoms with Gasteiger partial charge in [-0.15, -0.1) is 0 Å². The van der Waals surface area contributed by atoms with Gasteiger partial charge in [0.2, 0.25) is 0 Å². The maximum atomic E-state index is 9.38. The summed E-state index contributed by atoms with van der Waals surface area (Å²) in [7, 11) is 0. The summed E-state index contributed by atoms with van der Waals surface area (Å²) in [6.07, 6.45) is 0.272. The number of nitrogens with zero attached hydrogens (tertiary/aromatic N) is 2. The van der Waals surface area contributed by atoms with Gasteiger partial charge < -0.3 is 14.4 Å². The first kappa shape index (κ1) is 12.6. The van der Waals surface area contributed by atoms with E-state index >= 15 is 0 Å². The second-order valence-corrected chi connectivity index (χ2v) is 3.99. The molecular weight excluding hydrogens is 232 g/mol. The first-order chi connectivity index (χ1) is 8.69. The van der Waals surface area contributed by atoms with Crippen LogP contribution in [0.25, 0.3) is 0 Å². The molecule has 0 fully saturated rings. The van der Waals surface area contributed by atoms with Crippen molar-refractivity contribution in [1.29, 1.82) is 0 Å². The van der Waals surface area contributed by atoms with Crippen LogP contribution in [0.4, 0.5) is 0 Å². The normalized spacial score (nSPS) is 12.4. The molecule has 1 aromatic carbocycles. The quantitative estimate of drug-likeness (QED) is 0.879. The van der Waals surface area contributed by atoms with Crippen molar-refractivity contribution in [2.45, 2.75) is 33.0 Å². The fourth-order valence-corrected chi connectivity index (χ4v) is 1.48.